The molecule has 0 spiro atoms. The van der Waals surface area contributed by atoms with Gasteiger partial charge in [0.15, 0.2) is 17.7 Å². The summed E-state index contributed by atoms with van der Waals surface area (Å²) in [5, 5.41) is 15.5. The number of hydrogen-bond donors (Lipinski definition) is 3. The number of hydroxylamine groups is 1. The Balaban J connectivity index is 1.46. The van der Waals surface area contributed by atoms with Crippen molar-refractivity contribution in [2.24, 2.45) is 5.16 Å². The van der Waals surface area contributed by atoms with Gasteiger partial charge in [-0.15, -0.1) is 0 Å². The molecule has 1 aliphatic heterocycles. The number of aromatic nitrogens is 3. The minimum Gasteiger partial charge on any atom is -0.494 e. The first-order chi connectivity index (χ1) is 17.8. The normalized spacial score (nSPS) is 14.5. The summed E-state index contributed by atoms with van der Waals surface area (Å²) < 4.78 is 19.7. The van der Waals surface area contributed by atoms with E-state index in [4.69, 9.17) is 14.8 Å². The Morgan fingerprint density at radius 3 is 2.81 bits per heavy atom. The maximum Gasteiger partial charge on any atom is 0.270 e. The molecule has 37 heavy (non-hydrogen) atoms. The van der Waals surface area contributed by atoms with Crippen LogP contribution in [0.2, 0.25) is 0 Å². The van der Waals surface area contributed by atoms with E-state index in [1.165, 1.54) is 43.1 Å². The molecule has 192 valence electrons. The smallest absolute Gasteiger partial charge is 0.270 e. The van der Waals surface area contributed by atoms with E-state index >= 15 is 0 Å². The van der Waals surface area contributed by atoms with Gasteiger partial charge in [-0.2, -0.15) is 0 Å². The number of pyridine rings is 1. The van der Waals surface area contributed by atoms with Gasteiger partial charge in [0.1, 0.15) is 23.8 Å². The number of rotatable bonds is 8. The molecule has 0 saturated heterocycles. The van der Waals surface area contributed by atoms with Gasteiger partial charge in [-0.05, 0) is 36.8 Å². The van der Waals surface area contributed by atoms with Gasteiger partial charge in [-0.25, -0.2) is 19.8 Å². The van der Waals surface area contributed by atoms with Crippen molar-refractivity contribution < 1.29 is 28.8 Å². The Bertz CT molecular complexity index is 1440. The summed E-state index contributed by atoms with van der Waals surface area (Å²) in [5.41, 5.74) is 3.28. The third-order valence-corrected chi connectivity index (χ3v) is 5.52. The summed E-state index contributed by atoms with van der Waals surface area (Å²) in [6, 6.07) is 8.64. The molecule has 1 aliphatic rings. The summed E-state index contributed by atoms with van der Waals surface area (Å²) in [4.78, 5) is 50.3. The second kappa shape index (κ2) is 11.0. The topological polar surface area (TPSA) is 157 Å². The molecule has 0 aliphatic carbocycles. The van der Waals surface area contributed by atoms with Gasteiger partial charge < -0.3 is 19.5 Å². The lowest BCUT2D eigenvalue weighted by atomic mass is 10.0. The van der Waals surface area contributed by atoms with Crippen LogP contribution in [-0.2, 0) is 22.7 Å². The lowest BCUT2D eigenvalue weighted by molar-refractivity contribution is -0.129. The monoisotopic (exact) mass is 510 g/mol. The van der Waals surface area contributed by atoms with Crippen molar-refractivity contribution in [2.45, 2.75) is 32.5 Å². The molecule has 2 amide bonds. The molecule has 0 fully saturated rings. The minimum atomic E-state index is -0.746. The Kier molecular flexibility index (Phi) is 7.53. The van der Waals surface area contributed by atoms with Crippen molar-refractivity contribution in [3.63, 3.8) is 0 Å². The van der Waals surface area contributed by atoms with E-state index in [1.54, 1.807) is 19.1 Å². The van der Waals surface area contributed by atoms with Crippen LogP contribution in [-0.4, -0.2) is 44.4 Å². The predicted molar refractivity (Wildman–Crippen MR) is 127 cm³/mol. The number of methoxy groups -OCH3 is 1. The van der Waals surface area contributed by atoms with Gasteiger partial charge in [-0.1, -0.05) is 11.2 Å². The number of nitrogens with one attached hydrogen (secondary N) is 2. The summed E-state index contributed by atoms with van der Waals surface area (Å²) >= 11 is 0. The Morgan fingerprint density at radius 2 is 2.05 bits per heavy atom. The molecule has 0 saturated carbocycles. The summed E-state index contributed by atoms with van der Waals surface area (Å²) in [6.45, 7) is 1.41. The lowest BCUT2D eigenvalue weighted by Gasteiger charge is -2.11. The fourth-order valence-electron chi connectivity index (χ4n) is 3.68. The largest absolute Gasteiger partial charge is 0.494 e. The average Bonchev–Trinajstić information content (AvgIpc) is 3.39. The van der Waals surface area contributed by atoms with Gasteiger partial charge in [0.05, 0.1) is 12.8 Å². The van der Waals surface area contributed by atoms with Crippen LogP contribution in [0.4, 0.5) is 4.39 Å². The second-order valence-electron chi connectivity index (χ2n) is 8.14. The van der Waals surface area contributed by atoms with Crippen molar-refractivity contribution in [1.82, 2.24) is 25.3 Å². The summed E-state index contributed by atoms with van der Waals surface area (Å²) in [6.07, 6.45) is 1.19. The number of benzene rings is 1. The number of ether oxygens (including phenoxy) is 1. The van der Waals surface area contributed by atoms with E-state index in [1.807, 2.05) is 0 Å². The second-order valence-corrected chi connectivity index (χ2v) is 8.14. The molecule has 3 aromatic rings. The van der Waals surface area contributed by atoms with Gasteiger partial charge in [-0.3, -0.25) is 19.6 Å². The number of nitrogens with zero attached hydrogens (tertiary/aromatic N) is 4. The summed E-state index contributed by atoms with van der Waals surface area (Å²) in [7, 11) is 1.36. The van der Waals surface area contributed by atoms with E-state index in [-0.39, 0.29) is 31.0 Å². The van der Waals surface area contributed by atoms with E-state index in [2.05, 4.69) is 20.4 Å². The number of aryl methyl sites for hydroxylation is 1. The standard InChI is InChI=1S/C24H23FN6O6/c1-13-27-17(8-19(28-13)24(34)26-10-14-3-5-16(25)21(7-14)36-2)18-9-20(37-30-18)15-4-6-23(33)31(11-15)12-22(32)29-35/h3-8,11,20,35H,9-10,12H2,1-2H3,(H,26,34)(H,29,32). The van der Waals surface area contributed by atoms with Crippen LogP contribution in [0.3, 0.4) is 0 Å². The minimum absolute atomic E-state index is 0.0767. The molecular formula is C24H23FN6O6. The van der Waals surface area contributed by atoms with Crippen molar-refractivity contribution in [1.29, 1.82) is 0 Å². The first-order valence-electron chi connectivity index (χ1n) is 11.1. The van der Waals surface area contributed by atoms with Crippen LogP contribution in [0.1, 0.15) is 45.7 Å². The van der Waals surface area contributed by atoms with Crippen molar-refractivity contribution in [3.8, 4) is 5.75 Å². The number of carbonyl (C=O) groups is 2. The average molecular weight is 510 g/mol. The molecule has 0 bridgehead atoms. The molecule has 4 rings (SSSR count). The third-order valence-electron chi connectivity index (χ3n) is 5.52. The number of hydrogen-bond acceptors (Lipinski definition) is 9. The maximum absolute atomic E-state index is 13.6. The van der Waals surface area contributed by atoms with E-state index < -0.39 is 29.3 Å². The summed E-state index contributed by atoms with van der Waals surface area (Å²) in [5.74, 6) is -1.28. The van der Waals surface area contributed by atoms with Gasteiger partial charge >= 0.3 is 0 Å². The van der Waals surface area contributed by atoms with Crippen LogP contribution in [0.25, 0.3) is 0 Å². The molecule has 1 atom stereocenters. The molecule has 1 aromatic carbocycles. The molecule has 3 N–H and O–H groups in total. The first-order valence-corrected chi connectivity index (χ1v) is 11.1. The molecule has 2 aromatic heterocycles. The number of amides is 2. The molecular weight excluding hydrogens is 487 g/mol. The highest BCUT2D eigenvalue weighted by Gasteiger charge is 2.26. The van der Waals surface area contributed by atoms with Crippen molar-refractivity contribution in [3.05, 3.63) is 87.1 Å². The Hall–Kier alpha value is -4.65. The zero-order valence-electron chi connectivity index (χ0n) is 19.9. The van der Waals surface area contributed by atoms with Gasteiger partial charge in [0, 0.05) is 30.8 Å². The van der Waals surface area contributed by atoms with Crippen LogP contribution < -0.4 is 21.1 Å². The predicted octanol–water partition coefficient (Wildman–Crippen LogP) is 1.40. The molecule has 1 unspecified atom stereocenters. The van der Waals surface area contributed by atoms with E-state index in [9.17, 15) is 18.8 Å². The highest BCUT2D eigenvalue weighted by Crippen LogP contribution is 2.28. The number of halogens is 1. The third kappa shape index (κ3) is 5.95. The fourth-order valence-corrected chi connectivity index (χ4v) is 3.68. The van der Waals surface area contributed by atoms with Crippen molar-refractivity contribution in [2.75, 3.05) is 7.11 Å². The van der Waals surface area contributed by atoms with Gasteiger partial charge in [0.2, 0.25) is 0 Å². The molecule has 0 radical (unpaired) electrons. The first kappa shape index (κ1) is 25.4. The van der Waals surface area contributed by atoms with Crippen LogP contribution in [0.15, 0.2) is 52.5 Å². The zero-order valence-corrected chi connectivity index (χ0v) is 19.9. The SMILES string of the molecule is COc1cc(CNC(=O)c2cc(C3=NOC(c4ccc(=O)n(CC(=O)NO)c4)C3)nc(C)n2)ccc1F. The zero-order chi connectivity index (χ0) is 26.5. The lowest BCUT2D eigenvalue weighted by Crippen LogP contribution is -2.30. The quantitative estimate of drug-likeness (QED) is 0.303. The highest BCUT2D eigenvalue weighted by molar-refractivity contribution is 6.02. The Labute approximate surface area is 209 Å². The van der Waals surface area contributed by atoms with Gasteiger partial charge in [0.25, 0.3) is 17.4 Å². The maximum atomic E-state index is 13.6. The highest BCUT2D eigenvalue weighted by atomic mass is 19.1. The fraction of sp³-hybridized carbons (Fsp3) is 0.250. The molecule has 13 heteroatoms. The van der Waals surface area contributed by atoms with Crippen molar-refractivity contribution >= 4 is 17.5 Å². The number of oxime groups is 1. The van der Waals surface area contributed by atoms with Crippen LogP contribution in [0.5, 0.6) is 5.75 Å². The van der Waals surface area contributed by atoms with Crippen LogP contribution in [0, 0.1) is 12.7 Å². The van der Waals surface area contributed by atoms with E-state index in [0.717, 1.165) is 4.57 Å². The number of carbonyl (C=O) groups excluding carboxylic acids is 2. The molecule has 12 nitrogen and oxygen atoms in total. The van der Waals surface area contributed by atoms with E-state index in [0.29, 0.717) is 28.4 Å². The van der Waals surface area contributed by atoms with Crippen LogP contribution >= 0.6 is 0 Å². The Morgan fingerprint density at radius 1 is 1.24 bits per heavy atom. The molecule has 3 heterocycles.